The summed E-state index contributed by atoms with van der Waals surface area (Å²) < 4.78 is 1.83. The Morgan fingerprint density at radius 2 is 1.52 bits per heavy atom. The van der Waals surface area contributed by atoms with Crippen LogP contribution in [0.15, 0.2) is 60.8 Å². The molecule has 0 amide bonds. The molecule has 1 heterocycles. The lowest BCUT2D eigenvalue weighted by atomic mass is 9.94. The molecule has 0 atom stereocenters. The van der Waals surface area contributed by atoms with E-state index in [0.717, 1.165) is 17.8 Å². The number of rotatable bonds is 2. The molecule has 0 aliphatic rings. The summed E-state index contributed by atoms with van der Waals surface area (Å²) in [6, 6.07) is 19.5. The maximum absolute atomic E-state index is 7.33. The third-order valence-electron chi connectivity index (χ3n) is 4.94. The summed E-state index contributed by atoms with van der Waals surface area (Å²) in [6.07, 6.45) is 2.60. The fourth-order valence-corrected chi connectivity index (χ4v) is 3.75. The van der Waals surface area contributed by atoms with E-state index in [0.29, 0.717) is 5.69 Å². The van der Waals surface area contributed by atoms with Gasteiger partial charge in [0, 0.05) is 6.20 Å². The highest BCUT2D eigenvalue weighted by molar-refractivity contribution is 6.23. The van der Waals surface area contributed by atoms with E-state index in [1.165, 1.54) is 32.3 Å². The van der Waals surface area contributed by atoms with Gasteiger partial charge in [-0.15, -0.1) is 0 Å². The van der Waals surface area contributed by atoms with Gasteiger partial charge in [-0.25, -0.2) is 4.85 Å². The standard InChI is InChI=1S/C22H15N3/c1-3-19-20(23-2)13-25(24-19)18-11-16-9-7-14-5-4-6-15-8-10-17(12-18)22(16)21(14)15/h4-13H,3H2,1H3. The Hall–Kier alpha value is -3.38. The maximum atomic E-state index is 7.33. The van der Waals surface area contributed by atoms with Crippen molar-refractivity contribution < 1.29 is 0 Å². The molecule has 0 saturated heterocycles. The molecule has 5 rings (SSSR count). The first-order valence-electron chi connectivity index (χ1n) is 8.42. The minimum absolute atomic E-state index is 0.632. The van der Waals surface area contributed by atoms with E-state index < -0.39 is 0 Å². The SMILES string of the molecule is [C-]#[N+]c1cn(-c2cc3ccc4cccc5ccc(c2)c3c45)nc1CC. The fraction of sp³-hybridized carbons (Fsp3) is 0.0909. The lowest BCUT2D eigenvalue weighted by Gasteiger charge is -2.12. The van der Waals surface area contributed by atoms with Crippen LogP contribution in [0, 0.1) is 6.57 Å². The van der Waals surface area contributed by atoms with Crippen molar-refractivity contribution >= 4 is 38.0 Å². The molecule has 4 aromatic carbocycles. The smallest absolute Gasteiger partial charge is 0.227 e. The first kappa shape index (κ1) is 14.0. The van der Waals surface area contributed by atoms with Crippen LogP contribution >= 0.6 is 0 Å². The second-order valence-electron chi connectivity index (χ2n) is 6.35. The number of aryl methyl sites for hydroxylation is 1. The van der Waals surface area contributed by atoms with Gasteiger partial charge in [0.05, 0.1) is 18.0 Å². The minimum atomic E-state index is 0.632. The molecule has 0 bridgehead atoms. The molecule has 0 unspecified atom stereocenters. The van der Waals surface area contributed by atoms with E-state index in [1.807, 2.05) is 17.8 Å². The van der Waals surface area contributed by atoms with Crippen molar-refractivity contribution in [2.45, 2.75) is 13.3 Å². The van der Waals surface area contributed by atoms with E-state index in [-0.39, 0.29) is 0 Å². The fourth-order valence-electron chi connectivity index (χ4n) is 3.75. The van der Waals surface area contributed by atoms with Gasteiger partial charge in [-0.2, -0.15) is 5.10 Å². The molecule has 0 saturated carbocycles. The molecule has 0 radical (unpaired) electrons. The Labute approximate surface area is 145 Å². The van der Waals surface area contributed by atoms with Crippen LogP contribution in [0.2, 0.25) is 0 Å². The van der Waals surface area contributed by atoms with Crippen LogP contribution in [-0.2, 0) is 6.42 Å². The topological polar surface area (TPSA) is 22.2 Å². The van der Waals surface area contributed by atoms with Gasteiger partial charge in [-0.1, -0.05) is 49.4 Å². The highest BCUT2D eigenvalue weighted by Gasteiger charge is 2.12. The lowest BCUT2D eigenvalue weighted by molar-refractivity contribution is 0.843. The largest absolute Gasteiger partial charge is 0.252 e. The van der Waals surface area contributed by atoms with E-state index in [1.54, 1.807) is 0 Å². The van der Waals surface area contributed by atoms with E-state index in [9.17, 15) is 0 Å². The van der Waals surface area contributed by atoms with Gasteiger partial charge < -0.3 is 0 Å². The molecule has 3 heteroatoms. The molecule has 25 heavy (non-hydrogen) atoms. The van der Waals surface area contributed by atoms with Crippen molar-refractivity contribution in [1.82, 2.24) is 9.78 Å². The summed E-state index contributed by atoms with van der Waals surface area (Å²) in [4.78, 5) is 3.60. The number of hydrogen-bond acceptors (Lipinski definition) is 1. The zero-order valence-corrected chi connectivity index (χ0v) is 13.8. The van der Waals surface area contributed by atoms with E-state index in [2.05, 4.69) is 64.5 Å². The van der Waals surface area contributed by atoms with Crippen LogP contribution < -0.4 is 0 Å². The highest BCUT2D eigenvalue weighted by atomic mass is 15.3. The minimum Gasteiger partial charge on any atom is -0.252 e. The third-order valence-corrected chi connectivity index (χ3v) is 4.94. The third kappa shape index (κ3) is 1.95. The highest BCUT2D eigenvalue weighted by Crippen LogP contribution is 2.36. The molecule has 0 N–H and O–H groups in total. The van der Waals surface area contributed by atoms with Crippen molar-refractivity contribution in [2.75, 3.05) is 0 Å². The van der Waals surface area contributed by atoms with E-state index in [4.69, 9.17) is 6.57 Å². The molecule has 0 fully saturated rings. The first-order valence-corrected chi connectivity index (χ1v) is 8.42. The van der Waals surface area contributed by atoms with Gasteiger partial charge in [0.15, 0.2) is 0 Å². The Kier molecular flexibility index (Phi) is 2.83. The number of aromatic nitrogens is 2. The predicted molar refractivity (Wildman–Crippen MR) is 103 cm³/mol. The second kappa shape index (κ2) is 5.06. The molecule has 5 aromatic rings. The molecular formula is C22H15N3. The average molecular weight is 321 g/mol. The van der Waals surface area contributed by atoms with Crippen LogP contribution in [-0.4, -0.2) is 9.78 Å². The maximum Gasteiger partial charge on any atom is 0.227 e. The van der Waals surface area contributed by atoms with Gasteiger partial charge in [0.2, 0.25) is 5.69 Å². The average Bonchev–Trinajstić information content (AvgIpc) is 3.09. The van der Waals surface area contributed by atoms with Crippen LogP contribution in [0.3, 0.4) is 0 Å². The Morgan fingerprint density at radius 1 is 0.920 bits per heavy atom. The van der Waals surface area contributed by atoms with Gasteiger partial charge >= 0.3 is 0 Å². The van der Waals surface area contributed by atoms with Crippen LogP contribution in [0.1, 0.15) is 12.6 Å². The Morgan fingerprint density at radius 3 is 2.08 bits per heavy atom. The van der Waals surface area contributed by atoms with Crippen molar-refractivity contribution in [3.05, 3.63) is 77.9 Å². The molecule has 0 aliphatic heterocycles. The molecular weight excluding hydrogens is 306 g/mol. The first-order chi connectivity index (χ1) is 12.3. The summed E-state index contributed by atoms with van der Waals surface area (Å²) in [5, 5.41) is 12.2. The Balaban J connectivity index is 1.84. The van der Waals surface area contributed by atoms with Crippen molar-refractivity contribution in [3.8, 4) is 5.69 Å². The number of benzene rings is 4. The van der Waals surface area contributed by atoms with Crippen LogP contribution in [0.5, 0.6) is 0 Å². The zero-order valence-electron chi connectivity index (χ0n) is 13.8. The summed E-state index contributed by atoms with van der Waals surface area (Å²) >= 11 is 0. The second-order valence-corrected chi connectivity index (χ2v) is 6.35. The quantitative estimate of drug-likeness (QED) is 0.294. The van der Waals surface area contributed by atoms with Crippen molar-refractivity contribution in [2.24, 2.45) is 0 Å². The number of nitrogens with zero attached hydrogens (tertiary/aromatic N) is 3. The van der Waals surface area contributed by atoms with Gasteiger partial charge in [0.1, 0.15) is 0 Å². The summed E-state index contributed by atoms with van der Waals surface area (Å²) in [5.41, 5.74) is 2.48. The summed E-state index contributed by atoms with van der Waals surface area (Å²) in [7, 11) is 0. The number of hydrogen-bond donors (Lipinski definition) is 0. The van der Waals surface area contributed by atoms with Gasteiger partial charge in [0.25, 0.3) is 0 Å². The normalized spacial score (nSPS) is 11.5. The molecule has 0 spiro atoms. The predicted octanol–water partition coefficient (Wildman–Crippen LogP) is 5.88. The van der Waals surface area contributed by atoms with Crippen LogP contribution in [0.25, 0.3) is 42.8 Å². The summed E-state index contributed by atoms with van der Waals surface area (Å²) in [6.45, 7) is 9.36. The van der Waals surface area contributed by atoms with Crippen molar-refractivity contribution in [3.63, 3.8) is 0 Å². The lowest BCUT2D eigenvalue weighted by Crippen LogP contribution is -1.96. The Bertz CT molecular complexity index is 1220. The molecule has 0 aliphatic carbocycles. The van der Waals surface area contributed by atoms with Crippen LogP contribution in [0.4, 0.5) is 5.69 Å². The van der Waals surface area contributed by atoms with Gasteiger partial charge in [-0.3, -0.25) is 4.68 Å². The monoisotopic (exact) mass is 321 g/mol. The molecule has 1 aromatic heterocycles. The van der Waals surface area contributed by atoms with Crippen molar-refractivity contribution in [1.29, 1.82) is 0 Å². The van der Waals surface area contributed by atoms with E-state index >= 15 is 0 Å². The van der Waals surface area contributed by atoms with Gasteiger partial charge in [-0.05, 0) is 50.9 Å². The summed E-state index contributed by atoms with van der Waals surface area (Å²) in [5.74, 6) is 0. The zero-order chi connectivity index (χ0) is 17.0. The molecule has 3 nitrogen and oxygen atoms in total. The molecule has 118 valence electrons.